The summed E-state index contributed by atoms with van der Waals surface area (Å²) >= 11 is 1.37. The van der Waals surface area contributed by atoms with E-state index in [0.29, 0.717) is 13.0 Å². The Hall–Kier alpha value is -1.86. The maximum absolute atomic E-state index is 11.6. The van der Waals surface area contributed by atoms with Crippen LogP contribution in [0.25, 0.3) is 0 Å². The molecule has 7 heteroatoms. The summed E-state index contributed by atoms with van der Waals surface area (Å²) in [6.45, 7) is 3.73. The summed E-state index contributed by atoms with van der Waals surface area (Å²) in [4.78, 5) is 11.6. The molecule has 1 aromatic heterocycles. The molecule has 0 aliphatic carbocycles. The van der Waals surface area contributed by atoms with Crippen LogP contribution >= 0.6 is 11.8 Å². The van der Waals surface area contributed by atoms with Gasteiger partial charge in [0.1, 0.15) is 5.82 Å². The zero-order valence-electron chi connectivity index (χ0n) is 14.4. The van der Waals surface area contributed by atoms with Crippen LogP contribution in [-0.2, 0) is 27.2 Å². The van der Waals surface area contributed by atoms with Gasteiger partial charge in [0.05, 0.1) is 25.0 Å². The van der Waals surface area contributed by atoms with E-state index in [0.717, 1.165) is 37.0 Å². The molecule has 0 unspecified atom stereocenters. The molecule has 1 saturated heterocycles. The third kappa shape index (κ3) is 5.06. The van der Waals surface area contributed by atoms with E-state index in [1.54, 1.807) is 6.92 Å². The number of ether oxygens (including phenoxy) is 2. The minimum atomic E-state index is -0.233. The van der Waals surface area contributed by atoms with Crippen LogP contribution in [0.5, 0.6) is 0 Å². The summed E-state index contributed by atoms with van der Waals surface area (Å²) in [6, 6.07) is 10.2. The first kappa shape index (κ1) is 17.9. The molecular weight excluding hydrogens is 338 g/mol. The topological polar surface area (TPSA) is 66.2 Å². The zero-order valence-corrected chi connectivity index (χ0v) is 15.2. The molecule has 2 aromatic rings. The number of hydrogen-bond acceptors (Lipinski definition) is 6. The van der Waals surface area contributed by atoms with E-state index in [2.05, 4.69) is 26.9 Å². The first-order chi connectivity index (χ1) is 12.3. The van der Waals surface area contributed by atoms with Crippen molar-refractivity contribution in [3.63, 3.8) is 0 Å². The smallest absolute Gasteiger partial charge is 0.316 e. The van der Waals surface area contributed by atoms with E-state index in [-0.39, 0.29) is 17.8 Å². The fourth-order valence-electron chi connectivity index (χ4n) is 2.84. The van der Waals surface area contributed by atoms with Crippen LogP contribution in [-0.4, -0.2) is 45.8 Å². The summed E-state index contributed by atoms with van der Waals surface area (Å²) in [5.41, 5.74) is 1.19. The van der Waals surface area contributed by atoms with E-state index in [1.165, 1.54) is 17.3 Å². The van der Waals surface area contributed by atoms with Gasteiger partial charge < -0.3 is 14.0 Å². The molecule has 1 aliphatic heterocycles. The van der Waals surface area contributed by atoms with Crippen molar-refractivity contribution < 1.29 is 14.3 Å². The lowest BCUT2D eigenvalue weighted by Gasteiger charge is -2.14. The molecule has 2 heterocycles. The normalized spacial score (nSPS) is 16.9. The van der Waals surface area contributed by atoms with Crippen LogP contribution in [0.3, 0.4) is 0 Å². The maximum atomic E-state index is 11.6. The molecule has 0 amide bonds. The highest BCUT2D eigenvalue weighted by molar-refractivity contribution is 7.99. The van der Waals surface area contributed by atoms with Gasteiger partial charge in [-0.15, -0.1) is 10.2 Å². The summed E-state index contributed by atoms with van der Waals surface area (Å²) in [6.07, 6.45) is 3.03. The van der Waals surface area contributed by atoms with Crippen molar-refractivity contribution in [2.24, 2.45) is 0 Å². The second-order valence-electron chi connectivity index (χ2n) is 5.90. The van der Waals surface area contributed by atoms with Gasteiger partial charge in [0.2, 0.25) is 0 Å². The molecule has 0 bridgehead atoms. The number of hydrogen-bond donors (Lipinski definition) is 0. The highest BCUT2D eigenvalue weighted by Gasteiger charge is 2.21. The lowest BCUT2D eigenvalue weighted by Crippen LogP contribution is -2.18. The molecule has 25 heavy (non-hydrogen) atoms. The molecule has 134 valence electrons. The van der Waals surface area contributed by atoms with Gasteiger partial charge in [0.25, 0.3) is 0 Å². The molecule has 0 radical (unpaired) electrons. The molecule has 1 aliphatic rings. The van der Waals surface area contributed by atoms with Crippen LogP contribution < -0.4 is 0 Å². The van der Waals surface area contributed by atoms with E-state index >= 15 is 0 Å². The van der Waals surface area contributed by atoms with Crippen molar-refractivity contribution in [3.05, 3.63) is 41.7 Å². The molecule has 1 fully saturated rings. The number of thioether (sulfide) groups is 1. The number of carbonyl (C=O) groups is 1. The van der Waals surface area contributed by atoms with Crippen molar-refractivity contribution in [1.29, 1.82) is 0 Å². The first-order valence-electron chi connectivity index (χ1n) is 8.62. The van der Waals surface area contributed by atoms with Crippen LogP contribution in [0.2, 0.25) is 0 Å². The lowest BCUT2D eigenvalue weighted by atomic mass is 10.1. The van der Waals surface area contributed by atoms with Crippen molar-refractivity contribution in [2.45, 2.75) is 44.0 Å². The van der Waals surface area contributed by atoms with Crippen LogP contribution in [0.15, 0.2) is 35.5 Å². The fraction of sp³-hybridized carbons (Fsp3) is 0.500. The third-order valence-electron chi connectivity index (χ3n) is 4.03. The minimum Gasteiger partial charge on any atom is -0.465 e. The van der Waals surface area contributed by atoms with Gasteiger partial charge in [-0.3, -0.25) is 4.79 Å². The first-order valence-corrected chi connectivity index (χ1v) is 9.61. The van der Waals surface area contributed by atoms with Gasteiger partial charge in [0.15, 0.2) is 5.16 Å². The summed E-state index contributed by atoms with van der Waals surface area (Å²) in [5.74, 6) is 0.903. The molecule has 1 atom stereocenters. The van der Waals surface area contributed by atoms with E-state index in [4.69, 9.17) is 9.47 Å². The molecule has 1 aromatic carbocycles. The number of aromatic nitrogens is 3. The highest BCUT2D eigenvalue weighted by atomic mass is 32.2. The van der Waals surface area contributed by atoms with Crippen molar-refractivity contribution in [3.8, 4) is 0 Å². The Balaban J connectivity index is 1.75. The molecule has 0 saturated carbocycles. The van der Waals surface area contributed by atoms with Gasteiger partial charge in [-0.05, 0) is 25.3 Å². The number of rotatable bonds is 8. The molecule has 3 rings (SSSR count). The summed E-state index contributed by atoms with van der Waals surface area (Å²) < 4.78 is 12.9. The van der Waals surface area contributed by atoms with Gasteiger partial charge in [-0.2, -0.15) is 0 Å². The van der Waals surface area contributed by atoms with Crippen LogP contribution in [0, 0.1) is 0 Å². The zero-order chi connectivity index (χ0) is 17.5. The number of esters is 1. The molecule has 6 nitrogen and oxygen atoms in total. The van der Waals surface area contributed by atoms with Crippen LogP contribution in [0.1, 0.15) is 31.2 Å². The average molecular weight is 361 g/mol. The Kier molecular flexibility index (Phi) is 6.47. The Labute approximate surface area is 151 Å². The quantitative estimate of drug-likeness (QED) is 0.532. The predicted molar refractivity (Wildman–Crippen MR) is 95.6 cm³/mol. The second-order valence-corrected chi connectivity index (χ2v) is 6.84. The van der Waals surface area contributed by atoms with Crippen molar-refractivity contribution >= 4 is 17.7 Å². The maximum Gasteiger partial charge on any atom is 0.316 e. The Morgan fingerprint density at radius 3 is 2.92 bits per heavy atom. The van der Waals surface area contributed by atoms with Crippen LogP contribution in [0.4, 0.5) is 0 Å². The largest absolute Gasteiger partial charge is 0.465 e. The summed E-state index contributed by atoms with van der Waals surface area (Å²) in [7, 11) is 0. The number of nitrogens with zero attached hydrogens (tertiary/aromatic N) is 3. The molecule has 0 spiro atoms. The average Bonchev–Trinajstić information content (AvgIpc) is 3.26. The Morgan fingerprint density at radius 1 is 1.36 bits per heavy atom. The number of benzene rings is 1. The van der Waals surface area contributed by atoms with Gasteiger partial charge in [-0.1, -0.05) is 42.1 Å². The third-order valence-corrected chi connectivity index (χ3v) is 4.97. The van der Waals surface area contributed by atoms with Gasteiger partial charge in [-0.25, -0.2) is 0 Å². The minimum absolute atomic E-state index is 0.187. The Bertz CT molecular complexity index is 684. The van der Waals surface area contributed by atoms with E-state index in [1.807, 2.05) is 18.2 Å². The van der Waals surface area contributed by atoms with Gasteiger partial charge in [0, 0.05) is 13.0 Å². The fourth-order valence-corrected chi connectivity index (χ4v) is 3.60. The summed E-state index contributed by atoms with van der Waals surface area (Å²) in [5, 5.41) is 9.41. The van der Waals surface area contributed by atoms with E-state index in [9.17, 15) is 4.79 Å². The standard InChI is InChI=1S/C18H23N3O3S/c1-2-23-17(22)13-25-18-20-19-16(11-14-7-4-3-5-8-14)21(18)12-15-9-6-10-24-15/h3-5,7-8,15H,2,6,9-13H2,1H3/t15-/m1/s1. The monoisotopic (exact) mass is 361 g/mol. The Morgan fingerprint density at radius 2 is 2.20 bits per heavy atom. The lowest BCUT2D eigenvalue weighted by molar-refractivity contribution is -0.139. The second kappa shape index (κ2) is 9.01. The molecular formula is C18H23N3O3S. The number of carbonyl (C=O) groups excluding carboxylic acids is 1. The predicted octanol–water partition coefficient (Wildman–Crippen LogP) is 2.70. The highest BCUT2D eigenvalue weighted by Crippen LogP contribution is 2.22. The SMILES string of the molecule is CCOC(=O)CSc1nnc(Cc2ccccc2)n1C[C@H]1CCCO1. The van der Waals surface area contributed by atoms with Crippen molar-refractivity contribution in [2.75, 3.05) is 19.0 Å². The van der Waals surface area contributed by atoms with Gasteiger partial charge >= 0.3 is 5.97 Å². The molecule has 0 N–H and O–H groups in total. The van der Waals surface area contributed by atoms with E-state index < -0.39 is 0 Å². The van der Waals surface area contributed by atoms with Crippen molar-refractivity contribution in [1.82, 2.24) is 14.8 Å².